The minimum atomic E-state index is -0.0519. The second kappa shape index (κ2) is 8.14. The van der Waals surface area contributed by atoms with Crippen LogP contribution >= 0.6 is 0 Å². The Hall–Kier alpha value is -3.37. The van der Waals surface area contributed by atoms with Crippen molar-refractivity contribution in [3.05, 3.63) is 65.9 Å². The van der Waals surface area contributed by atoms with Gasteiger partial charge in [-0.15, -0.1) is 15.0 Å². The molecule has 1 aromatic heterocycles. The summed E-state index contributed by atoms with van der Waals surface area (Å²) < 4.78 is 5.23. The molecule has 132 valence electrons. The molecule has 0 bridgehead atoms. The Morgan fingerprint density at radius 2 is 1.96 bits per heavy atom. The zero-order valence-corrected chi connectivity index (χ0v) is 14.4. The maximum absolute atomic E-state index is 9.48. The van der Waals surface area contributed by atoms with Crippen LogP contribution in [0.15, 0.2) is 54.6 Å². The van der Waals surface area contributed by atoms with Crippen LogP contribution in [0.25, 0.3) is 5.69 Å². The maximum atomic E-state index is 9.48. The normalized spacial score (nSPS) is 10.3. The summed E-state index contributed by atoms with van der Waals surface area (Å²) in [5.74, 6) is 1.12. The molecule has 0 aliphatic heterocycles. The van der Waals surface area contributed by atoms with E-state index in [1.165, 1.54) is 4.80 Å². The van der Waals surface area contributed by atoms with Crippen LogP contribution in [0.2, 0.25) is 0 Å². The molecule has 0 aliphatic carbocycles. The molecular formula is C19H19N5O2. The summed E-state index contributed by atoms with van der Waals surface area (Å²) in [5, 5.41) is 27.7. The van der Waals surface area contributed by atoms with E-state index in [1.54, 1.807) is 13.2 Å². The molecule has 0 radical (unpaired) electrons. The Labute approximate surface area is 151 Å². The molecule has 0 amide bonds. The van der Waals surface area contributed by atoms with E-state index in [9.17, 15) is 10.4 Å². The number of benzene rings is 2. The van der Waals surface area contributed by atoms with Gasteiger partial charge in [0.1, 0.15) is 11.8 Å². The van der Waals surface area contributed by atoms with Gasteiger partial charge in [0.25, 0.3) is 0 Å². The Kier molecular flexibility index (Phi) is 5.46. The third-order valence-corrected chi connectivity index (χ3v) is 3.87. The van der Waals surface area contributed by atoms with E-state index >= 15 is 0 Å². The Morgan fingerprint density at radius 3 is 2.65 bits per heavy atom. The first kappa shape index (κ1) is 17.5. The van der Waals surface area contributed by atoms with Crippen LogP contribution < -0.4 is 9.64 Å². The molecule has 7 heteroatoms. The van der Waals surface area contributed by atoms with Gasteiger partial charge in [0.2, 0.25) is 5.69 Å². The highest BCUT2D eigenvalue weighted by Crippen LogP contribution is 2.21. The van der Waals surface area contributed by atoms with Gasteiger partial charge < -0.3 is 14.7 Å². The van der Waals surface area contributed by atoms with Crippen molar-refractivity contribution in [1.82, 2.24) is 15.0 Å². The van der Waals surface area contributed by atoms with Gasteiger partial charge in [-0.1, -0.05) is 36.4 Å². The minimum absolute atomic E-state index is 0.0519. The topological polar surface area (TPSA) is 87.2 Å². The third kappa shape index (κ3) is 3.82. The summed E-state index contributed by atoms with van der Waals surface area (Å²) in [6.07, 6.45) is 0. The molecule has 0 atom stereocenters. The van der Waals surface area contributed by atoms with Crippen LogP contribution in [-0.4, -0.2) is 40.4 Å². The lowest BCUT2D eigenvalue weighted by atomic mass is 10.2. The first-order valence-corrected chi connectivity index (χ1v) is 8.16. The first-order valence-electron chi connectivity index (χ1n) is 8.16. The number of nitrogens with zero attached hydrogens (tertiary/aromatic N) is 5. The third-order valence-electron chi connectivity index (χ3n) is 3.87. The minimum Gasteiger partial charge on any atom is -0.497 e. The van der Waals surface area contributed by atoms with Crippen LogP contribution in [0.3, 0.4) is 0 Å². The largest absolute Gasteiger partial charge is 0.497 e. The first-order chi connectivity index (χ1) is 12.7. The monoisotopic (exact) mass is 349 g/mol. The van der Waals surface area contributed by atoms with E-state index in [0.29, 0.717) is 30.3 Å². The predicted octanol–water partition coefficient (Wildman–Crippen LogP) is 2.15. The van der Waals surface area contributed by atoms with E-state index in [2.05, 4.69) is 16.3 Å². The molecule has 2 aromatic carbocycles. The van der Waals surface area contributed by atoms with Gasteiger partial charge in [-0.25, -0.2) is 0 Å². The number of hydrogen-bond donors (Lipinski definition) is 1. The van der Waals surface area contributed by atoms with E-state index in [1.807, 2.05) is 53.4 Å². The summed E-state index contributed by atoms with van der Waals surface area (Å²) in [6, 6.07) is 19.2. The fourth-order valence-corrected chi connectivity index (χ4v) is 2.62. The molecule has 1 heterocycles. The summed E-state index contributed by atoms with van der Waals surface area (Å²) in [4.78, 5) is 3.25. The zero-order chi connectivity index (χ0) is 18.4. The fourth-order valence-electron chi connectivity index (χ4n) is 2.62. The van der Waals surface area contributed by atoms with E-state index in [4.69, 9.17) is 4.74 Å². The van der Waals surface area contributed by atoms with E-state index in [0.717, 1.165) is 5.56 Å². The van der Waals surface area contributed by atoms with Crippen molar-refractivity contribution in [3.8, 4) is 17.5 Å². The number of nitriles is 1. The number of hydrogen-bond acceptors (Lipinski definition) is 6. The number of methoxy groups -OCH3 is 1. The maximum Gasteiger partial charge on any atom is 0.207 e. The van der Waals surface area contributed by atoms with Crippen molar-refractivity contribution in [2.75, 3.05) is 25.2 Å². The highest BCUT2D eigenvalue weighted by molar-refractivity contribution is 5.51. The second-order valence-corrected chi connectivity index (χ2v) is 5.61. The lowest BCUT2D eigenvalue weighted by molar-refractivity contribution is 0.301. The molecule has 26 heavy (non-hydrogen) atoms. The number of aromatic nitrogens is 3. The van der Waals surface area contributed by atoms with Gasteiger partial charge in [0.05, 0.1) is 19.4 Å². The number of rotatable bonds is 7. The van der Waals surface area contributed by atoms with Gasteiger partial charge in [-0.3, -0.25) is 0 Å². The highest BCUT2D eigenvalue weighted by atomic mass is 16.5. The van der Waals surface area contributed by atoms with Crippen LogP contribution in [-0.2, 0) is 6.54 Å². The van der Waals surface area contributed by atoms with Gasteiger partial charge >= 0.3 is 0 Å². The van der Waals surface area contributed by atoms with Crippen LogP contribution in [0.1, 0.15) is 11.3 Å². The molecule has 0 aliphatic rings. The lowest BCUT2D eigenvalue weighted by Gasteiger charge is -2.21. The standard InChI is InChI=1S/C19H19N5O2/c1-26-17-9-5-8-16(12-17)24-21-18(13-20)19(22-24)23(10-11-25)14-15-6-3-2-4-7-15/h2-9,12,25H,10-11,14H2,1H3. The second-order valence-electron chi connectivity index (χ2n) is 5.61. The van der Waals surface area contributed by atoms with Crippen molar-refractivity contribution >= 4 is 5.82 Å². The average Bonchev–Trinajstić information content (AvgIpc) is 3.13. The zero-order valence-electron chi connectivity index (χ0n) is 14.4. The van der Waals surface area contributed by atoms with Crippen molar-refractivity contribution in [2.24, 2.45) is 0 Å². The number of aliphatic hydroxyl groups excluding tert-OH is 1. The summed E-state index contributed by atoms with van der Waals surface area (Å²) in [7, 11) is 1.59. The Morgan fingerprint density at radius 1 is 1.15 bits per heavy atom. The molecule has 7 nitrogen and oxygen atoms in total. The van der Waals surface area contributed by atoms with Crippen LogP contribution in [0, 0.1) is 11.3 Å². The van der Waals surface area contributed by atoms with Crippen molar-refractivity contribution in [2.45, 2.75) is 6.54 Å². The molecular weight excluding hydrogens is 330 g/mol. The average molecular weight is 349 g/mol. The lowest BCUT2D eigenvalue weighted by Crippen LogP contribution is -2.27. The highest BCUT2D eigenvalue weighted by Gasteiger charge is 2.19. The molecule has 1 N–H and O–H groups in total. The summed E-state index contributed by atoms with van der Waals surface area (Å²) >= 11 is 0. The van der Waals surface area contributed by atoms with Gasteiger partial charge in [0, 0.05) is 19.2 Å². The molecule has 0 saturated heterocycles. The van der Waals surface area contributed by atoms with Crippen LogP contribution in [0.4, 0.5) is 5.82 Å². The molecule has 0 fully saturated rings. The van der Waals surface area contributed by atoms with E-state index in [-0.39, 0.29) is 12.3 Å². The van der Waals surface area contributed by atoms with Crippen molar-refractivity contribution in [3.63, 3.8) is 0 Å². The molecule has 0 unspecified atom stereocenters. The molecule has 3 aromatic rings. The van der Waals surface area contributed by atoms with Gasteiger partial charge in [-0.2, -0.15) is 5.26 Å². The summed E-state index contributed by atoms with van der Waals surface area (Å²) in [6.45, 7) is 0.816. The van der Waals surface area contributed by atoms with E-state index < -0.39 is 0 Å². The predicted molar refractivity (Wildman–Crippen MR) is 97.2 cm³/mol. The van der Waals surface area contributed by atoms with Gasteiger partial charge in [0.15, 0.2) is 5.82 Å². The number of anilines is 1. The van der Waals surface area contributed by atoms with Crippen molar-refractivity contribution in [1.29, 1.82) is 5.26 Å². The molecule has 3 rings (SSSR count). The number of aliphatic hydroxyl groups is 1. The van der Waals surface area contributed by atoms with Crippen LogP contribution in [0.5, 0.6) is 5.75 Å². The smallest absolute Gasteiger partial charge is 0.207 e. The molecule has 0 spiro atoms. The fraction of sp³-hybridized carbons (Fsp3) is 0.211. The van der Waals surface area contributed by atoms with Crippen molar-refractivity contribution < 1.29 is 9.84 Å². The number of ether oxygens (including phenoxy) is 1. The van der Waals surface area contributed by atoms with Gasteiger partial charge in [-0.05, 0) is 17.7 Å². The Balaban J connectivity index is 1.96. The SMILES string of the molecule is COc1cccc(-n2nc(C#N)c(N(CCO)Cc3ccccc3)n2)c1. The Bertz CT molecular complexity index is 902. The summed E-state index contributed by atoms with van der Waals surface area (Å²) in [5.41, 5.74) is 1.95. The molecule has 0 saturated carbocycles. The quantitative estimate of drug-likeness (QED) is 0.703.